The third-order valence-corrected chi connectivity index (χ3v) is 11.8. The van der Waals surface area contributed by atoms with Crippen LogP contribution in [-0.4, -0.2) is 24.5 Å². The van der Waals surface area contributed by atoms with Crippen LogP contribution in [0, 0.1) is 0 Å². The Hall–Kier alpha value is -8.28. The molecular weight excluding hydrogens is 743 g/mol. The van der Waals surface area contributed by atoms with E-state index in [0.29, 0.717) is 17.5 Å². The average Bonchev–Trinajstić information content (AvgIpc) is 3.75. The second-order valence-corrected chi connectivity index (χ2v) is 15.5. The number of nitrogens with zero attached hydrogens (tertiary/aromatic N) is 5. The van der Waals surface area contributed by atoms with E-state index in [1.807, 2.05) is 0 Å². The molecule has 12 aromatic rings. The maximum absolute atomic E-state index is 5.50. The zero-order valence-electron chi connectivity index (χ0n) is 32.9. The summed E-state index contributed by atoms with van der Waals surface area (Å²) in [6.45, 7) is 0. The van der Waals surface area contributed by atoms with E-state index in [4.69, 9.17) is 19.9 Å². The monoisotopic (exact) mass is 777 g/mol. The lowest BCUT2D eigenvalue weighted by Crippen LogP contribution is -2.00. The zero-order chi connectivity index (χ0) is 40.3. The molecule has 0 bridgehead atoms. The van der Waals surface area contributed by atoms with Crippen molar-refractivity contribution in [2.24, 2.45) is 0 Å². The number of imidazole rings is 1. The van der Waals surface area contributed by atoms with Gasteiger partial charge in [0, 0.05) is 38.7 Å². The molecule has 0 saturated carbocycles. The molecule has 61 heavy (non-hydrogen) atoms. The van der Waals surface area contributed by atoms with Gasteiger partial charge in [-0.05, 0) is 79.8 Å². The van der Waals surface area contributed by atoms with E-state index in [2.05, 4.69) is 217 Å². The predicted molar refractivity (Wildman–Crippen MR) is 252 cm³/mol. The highest BCUT2D eigenvalue weighted by Gasteiger charge is 2.22. The Morgan fingerprint density at radius 2 is 0.721 bits per heavy atom. The van der Waals surface area contributed by atoms with Crippen molar-refractivity contribution in [2.75, 3.05) is 0 Å². The van der Waals surface area contributed by atoms with Gasteiger partial charge in [0.1, 0.15) is 5.82 Å². The van der Waals surface area contributed by atoms with Crippen LogP contribution in [0.25, 0.3) is 116 Å². The van der Waals surface area contributed by atoms with Gasteiger partial charge in [0.2, 0.25) is 0 Å². The number of benzene rings is 10. The van der Waals surface area contributed by atoms with Crippen LogP contribution in [-0.2, 0) is 0 Å². The predicted octanol–water partition coefficient (Wildman–Crippen LogP) is 14.2. The first-order valence-electron chi connectivity index (χ1n) is 20.5. The van der Waals surface area contributed by atoms with Crippen molar-refractivity contribution in [3.63, 3.8) is 0 Å². The Balaban J connectivity index is 1.14. The lowest BCUT2D eigenvalue weighted by atomic mass is 9.94. The Labute approximate surface area is 351 Å². The van der Waals surface area contributed by atoms with E-state index in [0.717, 1.165) is 88.2 Å². The summed E-state index contributed by atoms with van der Waals surface area (Å²) < 4.78 is 2.32. The molecule has 10 aromatic carbocycles. The number of hydrogen-bond acceptors (Lipinski definition) is 4. The van der Waals surface area contributed by atoms with Gasteiger partial charge in [-0.15, -0.1) is 0 Å². The molecule has 0 saturated heterocycles. The summed E-state index contributed by atoms with van der Waals surface area (Å²) in [7, 11) is 0. The molecule has 0 aliphatic heterocycles. The van der Waals surface area contributed by atoms with Crippen molar-refractivity contribution in [1.82, 2.24) is 24.5 Å². The normalized spacial score (nSPS) is 11.6. The number of para-hydroxylation sites is 1. The molecular formula is C56H35N5. The Bertz CT molecular complexity index is 3540. The van der Waals surface area contributed by atoms with E-state index >= 15 is 0 Å². The molecule has 0 fully saturated rings. The van der Waals surface area contributed by atoms with E-state index in [1.165, 1.54) is 10.8 Å². The highest BCUT2D eigenvalue weighted by Crippen LogP contribution is 2.42. The lowest BCUT2D eigenvalue weighted by molar-refractivity contribution is 1.08. The maximum atomic E-state index is 5.50. The summed E-state index contributed by atoms with van der Waals surface area (Å²) in [6.07, 6.45) is 0. The van der Waals surface area contributed by atoms with Crippen molar-refractivity contribution in [1.29, 1.82) is 0 Å². The van der Waals surface area contributed by atoms with Crippen LogP contribution in [0.3, 0.4) is 0 Å². The summed E-state index contributed by atoms with van der Waals surface area (Å²) in [6, 6.07) is 74.6. The molecule has 5 heteroatoms. The molecule has 0 aliphatic rings. The number of hydrogen-bond donors (Lipinski definition) is 0. The van der Waals surface area contributed by atoms with Crippen molar-refractivity contribution in [2.45, 2.75) is 0 Å². The molecule has 0 unspecified atom stereocenters. The van der Waals surface area contributed by atoms with E-state index in [9.17, 15) is 0 Å². The summed E-state index contributed by atoms with van der Waals surface area (Å²) in [5, 5.41) is 8.98. The topological polar surface area (TPSA) is 56.5 Å². The highest BCUT2D eigenvalue weighted by atomic mass is 15.1. The minimum Gasteiger partial charge on any atom is -0.292 e. The van der Waals surface area contributed by atoms with E-state index in [-0.39, 0.29) is 0 Å². The second kappa shape index (κ2) is 14.2. The van der Waals surface area contributed by atoms with Crippen molar-refractivity contribution in [3.8, 4) is 62.4 Å². The van der Waals surface area contributed by atoms with Crippen LogP contribution in [0.5, 0.6) is 0 Å². The van der Waals surface area contributed by atoms with Crippen LogP contribution < -0.4 is 0 Å². The summed E-state index contributed by atoms with van der Waals surface area (Å²) in [4.78, 5) is 21.1. The van der Waals surface area contributed by atoms with Gasteiger partial charge in [0.05, 0.1) is 11.0 Å². The minimum atomic E-state index is 0.607. The van der Waals surface area contributed by atoms with Gasteiger partial charge < -0.3 is 0 Å². The highest BCUT2D eigenvalue weighted by molar-refractivity contribution is 6.25. The minimum absolute atomic E-state index is 0.607. The van der Waals surface area contributed by atoms with Crippen LogP contribution >= 0.6 is 0 Å². The summed E-state index contributed by atoms with van der Waals surface area (Å²) >= 11 is 0. The molecule has 0 amide bonds. The van der Waals surface area contributed by atoms with Crippen LogP contribution in [0.4, 0.5) is 0 Å². The van der Waals surface area contributed by atoms with Crippen molar-refractivity contribution < 1.29 is 0 Å². The fourth-order valence-corrected chi connectivity index (χ4v) is 8.78. The molecule has 0 radical (unpaired) electrons. The van der Waals surface area contributed by atoms with E-state index in [1.54, 1.807) is 0 Å². The first-order valence-corrected chi connectivity index (χ1v) is 20.5. The molecule has 2 aromatic heterocycles. The van der Waals surface area contributed by atoms with Gasteiger partial charge in [0.25, 0.3) is 0 Å². The van der Waals surface area contributed by atoms with Gasteiger partial charge >= 0.3 is 0 Å². The van der Waals surface area contributed by atoms with Gasteiger partial charge in [-0.25, -0.2) is 19.9 Å². The molecule has 0 spiro atoms. The fourth-order valence-electron chi connectivity index (χ4n) is 8.78. The third-order valence-electron chi connectivity index (χ3n) is 11.8. The Kier molecular flexibility index (Phi) is 8.10. The van der Waals surface area contributed by atoms with Crippen LogP contribution in [0.2, 0.25) is 0 Å². The number of fused-ring (bicyclic) bond motifs is 8. The fraction of sp³-hybridized carbons (Fsp3) is 0. The molecule has 0 atom stereocenters. The molecule has 284 valence electrons. The molecule has 0 aliphatic carbocycles. The maximum Gasteiger partial charge on any atom is 0.164 e. The Morgan fingerprint density at radius 3 is 1.33 bits per heavy atom. The molecule has 5 nitrogen and oxygen atoms in total. The molecule has 0 N–H and O–H groups in total. The van der Waals surface area contributed by atoms with Crippen molar-refractivity contribution >= 4 is 54.1 Å². The lowest BCUT2D eigenvalue weighted by Gasteiger charge is -2.14. The summed E-state index contributed by atoms with van der Waals surface area (Å²) in [5.74, 6) is 2.75. The SMILES string of the molecule is c1ccc(-c2ccc3c(c2)c2cc(-c4nc(-c5ccc6ccccc6c5)nc(-c5ccc6ccccc6c5)n4)ccc2c2nc(-c4ccccc4)n(-c4ccccc4)c32)cc1. The quantitative estimate of drug-likeness (QED) is 0.158. The first-order chi connectivity index (χ1) is 30.2. The zero-order valence-corrected chi connectivity index (χ0v) is 32.9. The largest absolute Gasteiger partial charge is 0.292 e. The number of rotatable bonds is 6. The van der Waals surface area contributed by atoms with Gasteiger partial charge in [-0.2, -0.15) is 0 Å². The van der Waals surface area contributed by atoms with Crippen LogP contribution in [0.1, 0.15) is 0 Å². The average molecular weight is 778 g/mol. The Morgan fingerprint density at radius 1 is 0.279 bits per heavy atom. The summed E-state index contributed by atoms with van der Waals surface area (Å²) in [5.41, 5.74) is 9.18. The number of aromatic nitrogens is 5. The molecule has 12 rings (SSSR count). The van der Waals surface area contributed by atoms with Gasteiger partial charge in [-0.1, -0.05) is 176 Å². The van der Waals surface area contributed by atoms with Crippen molar-refractivity contribution in [3.05, 3.63) is 212 Å². The molecule has 2 heterocycles. The third kappa shape index (κ3) is 6.02. The first kappa shape index (κ1) is 34.7. The van der Waals surface area contributed by atoms with E-state index < -0.39 is 0 Å². The second-order valence-electron chi connectivity index (χ2n) is 15.5. The van der Waals surface area contributed by atoms with Gasteiger partial charge in [0.15, 0.2) is 17.5 Å². The van der Waals surface area contributed by atoms with Crippen LogP contribution in [0.15, 0.2) is 212 Å². The smallest absolute Gasteiger partial charge is 0.164 e. The standard InChI is InChI=1S/C56H35N5/c1-4-14-36(15-5-1)42-28-31-48-50(34-42)49-35-45(29-30-47(49)51-52(48)61(46-22-8-3-9-23-46)56(57-51)39-18-6-2-7-19-39)55-59-53(43-26-24-37-16-10-12-20-40(37)32-43)58-54(60-55)44-27-25-38-17-11-13-21-41(38)33-44/h1-35H. The van der Waals surface area contributed by atoms with Gasteiger partial charge in [-0.3, -0.25) is 4.57 Å².